The molecular weight excluding hydrogens is 416 g/mol. The van der Waals surface area contributed by atoms with Crippen LogP contribution in [0.2, 0.25) is 0 Å². The van der Waals surface area contributed by atoms with E-state index in [0.29, 0.717) is 34.8 Å². The maximum Gasteiger partial charge on any atom is 0.261 e. The first-order valence-corrected chi connectivity index (χ1v) is 10.7. The monoisotopic (exact) mass is 436 g/mol. The predicted octanol–water partition coefficient (Wildman–Crippen LogP) is 3.66. The first kappa shape index (κ1) is 20.7. The molecule has 4 amide bonds. The zero-order valence-electron chi connectivity index (χ0n) is 16.8. The molecule has 0 atom stereocenters. The zero-order valence-corrected chi connectivity index (χ0v) is 17.6. The molecule has 0 aliphatic carbocycles. The van der Waals surface area contributed by atoms with Gasteiger partial charge in [0.25, 0.3) is 11.8 Å². The Morgan fingerprint density at radius 3 is 2.39 bits per heavy atom. The summed E-state index contributed by atoms with van der Waals surface area (Å²) >= 11 is 1.34. The second kappa shape index (κ2) is 8.65. The van der Waals surface area contributed by atoms with E-state index in [1.807, 2.05) is 0 Å². The Morgan fingerprint density at radius 2 is 1.71 bits per heavy atom. The predicted molar refractivity (Wildman–Crippen MR) is 118 cm³/mol. The van der Waals surface area contributed by atoms with Crippen LogP contribution in [0.5, 0.6) is 0 Å². The van der Waals surface area contributed by atoms with Crippen molar-refractivity contribution in [1.82, 2.24) is 9.88 Å². The summed E-state index contributed by atoms with van der Waals surface area (Å²) in [7, 11) is 0. The molecule has 4 rings (SSSR count). The molecule has 0 saturated heterocycles. The summed E-state index contributed by atoms with van der Waals surface area (Å²) < 4.78 is 0.843. The van der Waals surface area contributed by atoms with Gasteiger partial charge in [-0.3, -0.25) is 24.1 Å². The van der Waals surface area contributed by atoms with Crippen molar-refractivity contribution in [2.75, 3.05) is 17.2 Å². The number of imide groups is 1. The molecule has 8 nitrogen and oxygen atoms in total. The van der Waals surface area contributed by atoms with Gasteiger partial charge < -0.3 is 10.6 Å². The summed E-state index contributed by atoms with van der Waals surface area (Å²) in [5.41, 5.74) is 2.17. The van der Waals surface area contributed by atoms with E-state index < -0.39 is 0 Å². The van der Waals surface area contributed by atoms with Crippen molar-refractivity contribution in [3.8, 4) is 0 Å². The zero-order chi connectivity index (χ0) is 22.0. The molecule has 1 aromatic heterocycles. The fourth-order valence-corrected chi connectivity index (χ4v) is 4.25. The molecule has 1 aliphatic heterocycles. The number of nitrogens with zero attached hydrogens (tertiary/aromatic N) is 2. The van der Waals surface area contributed by atoms with Gasteiger partial charge in [0.2, 0.25) is 11.8 Å². The van der Waals surface area contributed by atoms with Gasteiger partial charge in [-0.25, -0.2) is 4.98 Å². The number of anilines is 2. The number of hydrogen-bond acceptors (Lipinski definition) is 6. The van der Waals surface area contributed by atoms with E-state index in [2.05, 4.69) is 15.6 Å². The van der Waals surface area contributed by atoms with Crippen molar-refractivity contribution in [3.05, 3.63) is 53.6 Å². The number of aromatic nitrogens is 1. The lowest BCUT2D eigenvalue weighted by Crippen LogP contribution is -2.31. The smallest absolute Gasteiger partial charge is 0.261 e. The van der Waals surface area contributed by atoms with Crippen molar-refractivity contribution < 1.29 is 19.2 Å². The summed E-state index contributed by atoms with van der Waals surface area (Å²) in [5.74, 6) is -0.948. The highest BCUT2D eigenvalue weighted by atomic mass is 32.1. The van der Waals surface area contributed by atoms with Crippen molar-refractivity contribution in [3.63, 3.8) is 0 Å². The van der Waals surface area contributed by atoms with Crippen molar-refractivity contribution in [1.29, 1.82) is 0 Å². The number of benzene rings is 2. The number of rotatable bonds is 7. The summed E-state index contributed by atoms with van der Waals surface area (Å²) in [4.78, 5) is 54.1. The molecule has 2 heterocycles. The molecule has 0 bridgehead atoms. The summed E-state index contributed by atoms with van der Waals surface area (Å²) in [5, 5.41) is 6.08. The second-order valence-corrected chi connectivity index (χ2v) is 8.09. The van der Waals surface area contributed by atoms with Gasteiger partial charge in [0.15, 0.2) is 5.13 Å². The number of hydrogen-bond donors (Lipinski definition) is 2. The van der Waals surface area contributed by atoms with Crippen LogP contribution < -0.4 is 10.6 Å². The average Bonchev–Trinajstić information content (AvgIpc) is 3.27. The van der Waals surface area contributed by atoms with Crippen molar-refractivity contribution >= 4 is 56.0 Å². The highest BCUT2D eigenvalue weighted by Gasteiger charge is 2.34. The molecule has 9 heteroatoms. The number of carbonyl (C=O) groups excluding carboxylic acids is 4. The second-order valence-electron chi connectivity index (χ2n) is 7.06. The van der Waals surface area contributed by atoms with Gasteiger partial charge in [-0.2, -0.15) is 0 Å². The van der Waals surface area contributed by atoms with Crippen LogP contribution in [0.25, 0.3) is 10.2 Å². The van der Waals surface area contributed by atoms with Crippen LogP contribution in [0.1, 0.15) is 46.9 Å². The van der Waals surface area contributed by atoms with Crippen LogP contribution in [0, 0.1) is 0 Å². The quantitative estimate of drug-likeness (QED) is 0.550. The van der Waals surface area contributed by atoms with Crippen LogP contribution in [0.15, 0.2) is 42.5 Å². The van der Waals surface area contributed by atoms with Crippen LogP contribution >= 0.6 is 11.3 Å². The molecule has 31 heavy (non-hydrogen) atoms. The van der Waals surface area contributed by atoms with Gasteiger partial charge in [0, 0.05) is 25.1 Å². The SMILES string of the molecule is CCC(=O)Nc1nc2ccc(NC(=O)CCCN3C(=O)c4ccccc4C3=O)cc2s1. The Morgan fingerprint density at radius 1 is 1.00 bits per heavy atom. The van der Waals surface area contributed by atoms with Crippen LogP contribution in [0.3, 0.4) is 0 Å². The lowest BCUT2D eigenvalue weighted by molar-refractivity contribution is -0.117. The minimum absolute atomic E-state index is 0.106. The molecule has 158 valence electrons. The Bertz CT molecular complexity index is 1170. The molecule has 3 aromatic rings. The Hall–Kier alpha value is -3.59. The van der Waals surface area contributed by atoms with E-state index in [-0.39, 0.29) is 36.6 Å². The maximum atomic E-state index is 12.4. The normalized spacial score (nSPS) is 12.9. The van der Waals surface area contributed by atoms with Crippen LogP contribution in [-0.2, 0) is 9.59 Å². The molecule has 2 aromatic carbocycles. The lowest BCUT2D eigenvalue weighted by Gasteiger charge is -2.13. The lowest BCUT2D eigenvalue weighted by atomic mass is 10.1. The number of thiazole rings is 1. The molecule has 0 fully saturated rings. The molecule has 0 unspecified atom stereocenters. The van der Waals surface area contributed by atoms with Gasteiger partial charge in [-0.1, -0.05) is 30.4 Å². The standard InChI is InChI=1S/C22H20N4O4S/c1-2-18(27)25-22-24-16-10-9-13(12-17(16)31-22)23-19(28)8-5-11-26-20(29)14-6-3-4-7-15(14)21(26)30/h3-4,6-7,9-10,12H,2,5,8,11H2,1H3,(H,23,28)(H,24,25,27). The average molecular weight is 436 g/mol. The first-order valence-electron chi connectivity index (χ1n) is 9.91. The van der Waals surface area contributed by atoms with Gasteiger partial charge in [-0.05, 0) is 36.8 Å². The third-order valence-corrected chi connectivity index (χ3v) is 5.84. The minimum atomic E-state index is -0.317. The third-order valence-electron chi connectivity index (χ3n) is 4.90. The number of amides is 4. The Labute approximate surface area is 182 Å². The Balaban J connectivity index is 1.32. The van der Waals surface area contributed by atoms with Crippen molar-refractivity contribution in [2.45, 2.75) is 26.2 Å². The van der Waals surface area contributed by atoms with Crippen LogP contribution in [0.4, 0.5) is 10.8 Å². The molecule has 2 N–H and O–H groups in total. The summed E-state index contributed by atoms with van der Waals surface area (Å²) in [6.45, 7) is 1.96. The van der Waals surface area contributed by atoms with Gasteiger partial charge in [-0.15, -0.1) is 0 Å². The van der Waals surface area contributed by atoms with Gasteiger partial charge >= 0.3 is 0 Å². The topological polar surface area (TPSA) is 108 Å². The van der Waals surface area contributed by atoms with Gasteiger partial charge in [0.05, 0.1) is 21.3 Å². The van der Waals surface area contributed by atoms with E-state index >= 15 is 0 Å². The molecular formula is C22H20N4O4S. The van der Waals surface area contributed by atoms with Crippen molar-refractivity contribution in [2.24, 2.45) is 0 Å². The fourth-order valence-electron chi connectivity index (χ4n) is 3.33. The van der Waals surface area contributed by atoms with E-state index in [1.165, 1.54) is 16.2 Å². The maximum absolute atomic E-state index is 12.4. The number of fused-ring (bicyclic) bond motifs is 2. The molecule has 0 saturated carbocycles. The summed E-state index contributed by atoms with van der Waals surface area (Å²) in [6.07, 6.45) is 0.914. The minimum Gasteiger partial charge on any atom is -0.326 e. The third kappa shape index (κ3) is 4.31. The van der Waals surface area contributed by atoms with Crippen LogP contribution in [-0.4, -0.2) is 40.1 Å². The van der Waals surface area contributed by atoms with E-state index in [0.717, 1.165) is 10.2 Å². The summed E-state index contributed by atoms with van der Waals surface area (Å²) in [6, 6.07) is 12.0. The number of carbonyl (C=O) groups is 4. The Kier molecular flexibility index (Phi) is 5.77. The van der Waals surface area contributed by atoms with E-state index in [9.17, 15) is 19.2 Å². The highest BCUT2D eigenvalue weighted by Crippen LogP contribution is 2.28. The van der Waals surface area contributed by atoms with E-state index in [4.69, 9.17) is 0 Å². The highest BCUT2D eigenvalue weighted by molar-refractivity contribution is 7.22. The fraction of sp³-hybridized carbons (Fsp3) is 0.227. The van der Waals surface area contributed by atoms with Gasteiger partial charge in [0.1, 0.15) is 0 Å². The molecule has 0 spiro atoms. The first-order chi connectivity index (χ1) is 15.0. The largest absolute Gasteiger partial charge is 0.326 e. The molecule has 0 radical (unpaired) electrons. The molecule has 1 aliphatic rings. The van der Waals surface area contributed by atoms with E-state index in [1.54, 1.807) is 49.4 Å². The number of nitrogens with one attached hydrogen (secondary N) is 2.